The number of ether oxygens (including phenoxy) is 1. The maximum Gasteiger partial charge on any atom is 0.251 e. The Bertz CT molecular complexity index is 503. The zero-order chi connectivity index (χ0) is 17.4. The van der Waals surface area contributed by atoms with Crippen molar-refractivity contribution in [1.82, 2.24) is 15.5 Å². The van der Waals surface area contributed by atoms with Gasteiger partial charge in [-0.1, -0.05) is 13.8 Å². The highest BCUT2D eigenvalue weighted by atomic mass is 16.5. The minimum absolute atomic E-state index is 0.0802. The van der Waals surface area contributed by atoms with Gasteiger partial charge in [-0.25, -0.2) is 0 Å². The fraction of sp³-hybridized carbons (Fsp3) is 0.611. The van der Waals surface area contributed by atoms with Crippen molar-refractivity contribution in [2.45, 2.75) is 20.0 Å². The second kappa shape index (κ2) is 9.61. The summed E-state index contributed by atoms with van der Waals surface area (Å²) >= 11 is 0. The summed E-state index contributed by atoms with van der Waals surface area (Å²) in [5.74, 6) is 0.731. The van der Waals surface area contributed by atoms with E-state index in [2.05, 4.69) is 29.4 Å². The molecule has 0 saturated carbocycles. The lowest BCUT2D eigenvalue weighted by Crippen LogP contribution is -2.34. The predicted molar refractivity (Wildman–Crippen MR) is 94.4 cm³/mol. The van der Waals surface area contributed by atoms with Crippen LogP contribution in [0.4, 0.5) is 0 Å². The molecule has 1 amide bonds. The standard InChI is InChI=1S/C18H29N3O3/c1-3-21(4-2)9-10-24-16-7-5-14(6-8-16)18(23)20-12-15-11-19-13-17(15)22/h5-8,15,17,19,22H,3-4,9-13H2,1-2H3,(H,20,23). The maximum absolute atomic E-state index is 12.1. The molecule has 2 atom stereocenters. The summed E-state index contributed by atoms with van der Waals surface area (Å²) in [5.41, 5.74) is 0.603. The van der Waals surface area contributed by atoms with E-state index in [4.69, 9.17) is 4.74 Å². The van der Waals surface area contributed by atoms with Gasteiger partial charge in [0, 0.05) is 37.7 Å². The van der Waals surface area contributed by atoms with E-state index in [0.29, 0.717) is 25.3 Å². The van der Waals surface area contributed by atoms with Crippen LogP contribution in [-0.4, -0.2) is 67.9 Å². The van der Waals surface area contributed by atoms with Gasteiger partial charge < -0.3 is 25.4 Å². The Morgan fingerprint density at radius 2 is 2.00 bits per heavy atom. The average Bonchev–Trinajstić information content (AvgIpc) is 3.02. The van der Waals surface area contributed by atoms with Gasteiger partial charge in [0.15, 0.2) is 0 Å². The van der Waals surface area contributed by atoms with Crippen LogP contribution in [-0.2, 0) is 0 Å². The second-order valence-electron chi connectivity index (χ2n) is 6.10. The lowest BCUT2D eigenvalue weighted by molar-refractivity contribution is 0.0927. The first-order valence-electron chi connectivity index (χ1n) is 8.76. The van der Waals surface area contributed by atoms with Gasteiger partial charge >= 0.3 is 0 Å². The Labute approximate surface area is 144 Å². The number of aliphatic hydroxyl groups is 1. The lowest BCUT2D eigenvalue weighted by atomic mass is 10.1. The summed E-state index contributed by atoms with van der Waals surface area (Å²) in [6.45, 7) is 9.66. The predicted octanol–water partition coefficient (Wildman–Crippen LogP) is 0.717. The van der Waals surface area contributed by atoms with Crippen molar-refractivity contribution in [3.63, 3.8) is 0 Å². The van der Waals surface area contributed by atoms with E-state index >= 15 is 0 Å². The van der Waals surface area contributed by atoms with Crippen LogP contribution in [0.2, 0.25) is 0 Å². The number of aliphatic hydroxyl groups excluding tert-OH is 1. The molecule has 134 valence electrons. The highest BCUT2D eigenvalue weighted by Gasteiger charge is 2.25. The monoisotopic (exact) mass is 335 g/mol. The number of benzene rings is 1. The number of amides is 1. The van der Waals surface area contributed by atoms with Gasteiger partial charge in [-0.15, -0.1) is 0 Å². The van der Waals surface area contributed by atoms with Crippen LogP contribution >= 0.6 is 0 Å². The Balaban J connectivity index is 1.75. The molecule has 2 unspecified atom stereocenters. The molecule has 0 spiro atoms. The normalized spacial score (nSPS) is 20.3. The van der Waals surface area contributed by atoms with Crippen LogP contribution in [0.3, 0.4) is 0 Å². The number of carbonyl (C=O) groups excluding carboxylic acids is 1. The lowest BCUT2D eigenvalue weighted by Gasteiger charge is -2.18. The average molecular weight is 335 g/mol. The Hall–Kier alpha value is -1.63. The third-order valence-electron chi connectivity index (χ3n) is 4.52. The SMILES string of the molecule is CCN(CC)CCOc1ccc(C(=O)NCC2CNCC2O)cc1. The first-order valence-corrected chi connectivity index (χ1v) is 8.76. The van der Waals surface area contributed by atoms with Gasteiger partial charge in [0.1, 0.15) is 12.4 Å². The molecule has 0 aliphatic carbocycles. The molecule has 6 nitrogen and oxygen atoms in total. The summed E-state index contributed by atoms with van der Waals surface area (Å²) < 4.78 is 5.72. The highest BCUT2D eigenvalue weighted by molar-refractivity contribution is 5.94. The van der Waals surface area contributed by atoms with Crippen LogP contribution in [0, 0.1) is 5.92 Å². The molecule has 2 rings (SSSR count). The zero-order valence-corrected chi connectivity index (χ0v) is 14.6. The summed E-state index contributed by atoms with van der Waals surface area (Å²) in [4.78, 5) is 14.4. The second-order valence-corrected chi connectivity index (χ2v) is 6.10. The van der Waals surface area contributed by atoms with Gasteiger partial charge in [-0.05, 0) is 37.4 Å². The van der Waals surface area contributed by atoms with Crippen molar-refractivity contribution < 1.29 is 14.6 Å². The van der Waals surface area contributed by atoms with Crippen molar-refractivity contribution in [3.8, 4) is 5.75 Å². The van der Waals surface area contributed by atoms with Crippen molar-refractivity contribution >= 4 is 5.91 Å². The number of β-amino-alcohol motifs (C(OH)–C–C–N with tert-alkyl or cyclic N) is 1. The fourth-order valence-corrected chi connectivity index (χ4v) is 2.79. The number of rotatable bonds is 9. The Kier molecular flexibility index (Phi) is 7.49. The molecule has 0 bridgehead atoms. The third-order valence-corrected chi connectivity index (χ3v) is 4.52. The van der Waals surface area contributed by atoms with Crippen molar-refractivity contribution in [2.24, 2.45) is 5.92 Å². The van der Waals surface area contributed by atoms with E-state index in [-0.39, 0.29) is 17.9 Å². The van der Waals surface area contributed by atoms with Gasteiger partial charge in [-0.2, -0.15) is 0 Å². The fourth-order valence-electron chi connectivity index (χ4n) is 2.79. The molecule has 0 radical (unpaired) electrons. The van der Waals surface area contributed by atoms with Crippen LogP contribution < -0.4 is 15.4 Å². The Morgan fingerprint density at radius 3 is 2.58 bits per heavy atom. The van der Waals surface area contributed by atoms with Crippen LogP contribution in [0.25, 0.3) is 0 Å². The van der Waals surface area contributed by atoms with E-state index in [0.717, 1.165) is 31.9 Å². The van der Waals surface area contributed by atoms with E-state index in [1.807, 2.05) is 12.1 Å². The number of nitrogens with one attached hydrogen (secondary N) is 2. The molecule has 1 aromatic carbocycles. The summed E-state index contributed by atoms with van der Waals surface area (Å²) in [7, 11) is 0. The number of carbonyl (C=O) groups is 1. The minimum Gasteiger partial charge on any atom is -0.492 e. The number of hydrogen-bond acceptors (Lipinski definition) is 5. The molecule has 3 N–H and O–H groups in total. The molecular formula is C18H29N3O3. The largest absolute Gasteiger partial charge is 0.492 e. The molecule has 1 aliphatic heterocycles. The number of likely N-dealkylation sites (N-methyl/N-ethyl adjacent to an activating group) is 1. The van der Waals surface area contributed by atoms with Crippen LogP contribution in [0.5, 0.6) is 5.75 Å². The van der Waals surface area contributed by atoms with E-state index in [1.165, 1.54) is 0 Å². The molecule has 1 aliphatic rings. The first-order chi connectivity index (χ1) is 11.6. The maximum atomic E-state index is 12.1. The zero-order valence-electron chi connectivity index (χ0n) is 14.6. The van der Waals surface area contributed by atoms with E-state index in [9.17, 15) is 9.90 Å². The van der Waals surface area contributed by atoms with Gasteiger partial charge in [-0.3, -0.25) is 4.79 Å². The topological polar surface area (TPSA) is 73.8 Å². The van der Waals surface area contributed by atoms with Crippen LogP contribution in [0.15, 0.2) is 24.3 Å². The highest BCUT2D eigenvalue weighted by Crippen LogP contribution is 2.13. The van der Waals surface area contributed by atoms with Crippen LogP contribution in [0.1, 0.15) is 24.2 Å². The van der Waals surface area contributed by atoms with Crippen molar-refractivity contribution in [2.75, 3.05) is 45.9 Å². The van der Waals surface area contributed by atoms with E-state index in [1.54, 1.807) is 12.1 Å². The molecule has 6 heteroatoms. The van der Waals surface area contributed by atoms with E-state index < -0.39 is 0 Å². The molecule has 0 aromatic heterocycles. The molecule has 1 aromatic rings. The molecule has 1 saturated heterocycles. The number of hydrogen-bond donors (Lipinski definition) is 3. The summed E-state index contributed by atoms with van der Waals surface area (Å²) in [5, 5.41) is 15.7. The molecular weight excluding hydrogens is 306 g/mol. The smallest absolute Gasteiger partial charge is 0.251 e. The van der Waals surface area contributed by atoms with Gasteiger partial charge in [0.05, 0.1) is 6.10 Å². The van der Waals surface area contributed by atoms with Crippen molar-refractivity contribution in [1.29, 1.82) is 0 Å². The number of nitrogens with zero attached hydrogens (tertiary/aromatic N) is 1. The quantitative estimate of drug-likeness (QED) is 0.620. The third kappa shape index (κ3) is 5.47. The first kappa shape index (κ1) is 18.7. The van der Waals surface area contributed by atoms with Gasteiger partial charge in [0.2, 0.25) is 0 Å². The Morgan fingerprint density at radius 1 is 1.29 bits per heavy atom. The van der Waals surface area contributed by atoms with Crippen molar-refractivity contribution in [3.05, 3.63) is 29.8 Å². The minimum atomic E-state index is -0.383. The molecule has 1 heterocycles. The molecule has 24 heavy (non-hydrogen) atoms. The summed E-state index contributed by atoms with van der Waals surface area (Å²) in [6, 6.07) is 7.18. The van der Waals surface area contributed by atoms with Gasteiger partial charge in [0.25, 0.3) is 5.91 Å². The molecule has 1 fully saturated rings. The summed E-state index contributed by atoms with van der Waals surface area (Å²) in [6.07, 6.45) is -0.383.